The zero-order valence-corrected chi connectivity index (χ0v) is 13.9. The van der Waals surface area contributed by atoms with Gasteiger partial charge in [0, 0.05) is 18.8 Å². The monoisotopic (exact) mass is 340 g/mol. The van der Waals surface area contributed by atoms with E-state index in [-0.39, 0.29) is 30.5 Å². The van der Waals surface area contributed by atoms with Gasteiger partial charge in [0.05, 0.1) is 18.3 Å². The van der Waals surface area contributed by atoms with Crippen molar-refractivity contribution in [3.63, 3.8) is 0 Å². The number of aliphatic hydroxyl groups is 1. The molecule has 25 heavy (non-hydrogen) atoms. The minimum atomic E-state index is -0.279. The van der Waals surface area contributed by atoms with Crippen molar-refractivity contribution in [1.82, 2.24) is 30.1 Å². The second-order valence-electron chi connectivity index (χ2n) is 6.60. The molecule has 1 saturated carbocycles. The number of aryl methyl sites for hydroxylation is 1. The smallest absolute Gasteiger partial charge is 0.244 e. The number of nitrogens with one attached hydrogen (secondary N) is 1. The predicted molar refractivity (Wildman–Crippen MR) is 90.4 cm³/mol. The Balaban J connectivity index is 1.48. The van der Waals surface area contributed by atoms with Gasteiger partial charge in [-0.3, -0.25) is 9.48 Å². The third-order valence-corrected chi connectivity index (χ3v) is 4.63. The quantitative estimate of drug-likeness (QED) is 0.716. The van der Waals surface area contributed by atoms with Crippen LogP contribution >= 0.6 is 0 Å². The molecule has 0 saturated heterocycles. The molecule has 0 spiro atoms. The number of aromatic nitrogens is 5. The Morgan fingerprint density at radius 2 is 2.00 bits per heavy atom. The molecule has 1 aliphatic rings. The van der Waals surface area contributed by atoms with E-state index < -0.39 is 0 Å². The van der Waals surface area contributed by atoms with Crippen molar-refractivity contribution in [2.45, 2.75) is 31.5 Å². The van der Waals surface area contributed by atoms with Crippen LogP contribution in [0.5, 0.6) is 0 Å². The Hall–Kier alpha value is -2.74. The lowest BCUT2D eigenvalue weighted by Crippen LogP contribution is -2.42. The summed E-state index contributed by atoms with van der Waals surface area (Å²) in [6.07, 6.45) is 4.75. The number of fused-ring (bicyclic) bond motifs is 1. The fraction of sp³-hybridized carbons (Fsp3) is 0.412. The van der Waals surface area contributed by atoms with Crippen LogP contribution in [0.25, 0.3) is 11.0 Å². The highest BCUT2D eigenvalue weighted by atomic mass is 16.3. The van der Waals surface area contributed by atoms with Gasteiger partial charge in [0.25, 0.3) is 0 Å². The molecule has 0 aliphatic heterocycles. The summed E-state index contributed by atoms with van der Waals surface area (Å²) in [4.78, 5) is 13.9. The van der Waals surface area contributed by atoms with Crippen LogP contribution < -0.4 is 5.32 Å². The molecule has 1 aromatic carbocycles. The number of hydrogen-bond donors (Lipinski definition) is 2. The van der Waals surface area contributed by atoms with E-state index >= 15 is 0 Å². The van der Waals surface area contributed by atoms with Crippen LogP contribution in [0.15, 0.2) is 36.7 Å². The second kappa shape index (κ2) is 6.29. The fourth-order valence-corrected chi connectivity index (χ4v) is 3.30. The molecule has 2 N–H and O–H groups in total. The zero-order valence-electron chi connectivity index (χ0n) is 13.9. The average molecular weight is 340 g/mol. The summed E-state index contributed by atoms with van der Waals surface area (Å²) in [7, 11) is 1.84. The van der Waals surface area contributed by atoms with Crippen LogP contribution in [0, 0.1) is 5.92 Å². The van der Waals surface area contributed by atoms with E-state index in [1.807, 2.05) is 37.5 Å². The summed E-state index contributed by atoms with van der Waals surface area (Å²) in [6, 6.07) is 7.36. The molecule has 8 heteroatoms. The van der Waals surface area contributed by atoms with Gasteiger partial charge in [-0.1, -0.05) is 12.1 Å². The molecular formula is C17H20N6O2. The Labute approximate surface area is 144 Å². The first-order valence-electron chi connectivity index (χ1n) is 8.34. The topological polar surface area (TPSA) is 97.9 Å². The molecule has 2 aromatic heterocycles. The zero-order chi connectivity index (χ0) is 17.4. The normalized spacial score (nSPS) is 21.0. The van der Waals surface area contributed by atoms with E-state index in [0.717, 1.165) is 16.6 Å². The second-order valence-corrected chi connectivity index (χ2v) is 6.60. The SMILES string of the molecule is Cn1cc([C@H](NC(=O)Cn2nc3ccccc3n2)C2CC(O)C2)cn1. The third kappa shape index (κ3) is 3.25. The Morgan fingerprint density at radius 3 is 2.56 bits per heavy atom. The van der Waals surface area contributed by atoms with Crippen LogP contribution in [0.1, 0.15) is 24.4 Å². The lowest BCUT2D eigenvalue weighted by atomic mass is 9.75. The van der Waals surface area contributed by atoms with Crippen molar-refractivity contribution in [2.24, 2.45) is 13.0 Å². The molecule has 1 atom stereocenters. The highest BCUT2D eigenvalue weighted by Gasteiger charge is 2.36. The summed E-state index contributed by atoms with van der Waals surface area (Å²) in [5.74, 6) is 0.0587. The average Bonchev–Trinajstić information content (AvgIpc) is 3.15. The van der Waals surface area contributed by atoms with Gasteiger partial charge in [0.1, 0.15) is 17.6 Å². The lowest BCUT2D eigenvalue weighted by Gasteiger charge is -2.37. The number of aliphatic hydroxyl groups excluding tert-OH is 1. The molecule has 4 rings (SSSR count). The van der Waals surface area contributed by atoms with Crippen LogP contribution in [0.4, 0.5) is 0 Å². The number of rotatable bonds is 5. The van der Waals surface area contributed by atoms with Crippen LogP contribution in [-0.2, 0) is 18.4 Å². The van der Waals surface area contributed by atoms with Crippen LogP contribution in [0.3, 0.4) is 0 Å². The van der Waals surface area contributed by atoms with Gasteiger partial charge in [-0.2, -0.15) is 20.1 Å². The maximum absolute atomic E-state index is 12.5. The number of amides is 1. The molecule has 0 unspecified atom stereocenters. The van der Waals surface area contributed by atoms with Gasteiger partial charge in [0.15, 0.2) is 0 Å². The van der Waals surface area contributed by atoms with E-state index in [1.54, 1.807) is 10.9 Å². The van der Waals surface area contributed by atoms with Crippen molar-refractivity contribution in [3.8, 4) is 0 Å². The molecule has 0 bridgehead atoms. The molecular weight excluding hydrogens is 320 g/mol. The van der Waals surface area contributed by atoms with Gasteiger partial charge in [0.2, 0.25) is 5.91 Å². The van der Waals surface area contributed by atoms with E-state index in [0.29, 0.717) is 12.8 Å². The summed E-state index contributed by atoms with van der Waals surface area (Å²) in [5, 5.41) is 25.5. The lowest BCUT2D eigenvalue weighted by molar-refractivity contribution is -0.124. The number of nitrogens with zero attached hydrogens (tertiary/aromatic N) is 5. The van der Waals surface area contributed by atoms with E-state index in [1.165, 1.54) is 4.80 Å². The van der Waals surface area contributed by atoms with Crippen molar-refractivity contribution < 1.29 is 9.90 Å². The fourth-order valence-electron chi connectivity index (χ4n) is 3.30. The first-order valence-corrected chi connectivity index (χ1v) is 8.34. The minimum Gasteiger partial charge on any atom is -0.393 e. The first-order chi connectivity index (χ1) is 12.1. The molecule has 3 aromatic rings. The van der Waals surface area contributed by atoms with Gasteiger partial charge in [-0.05, 0) is 30.9 Å². The third-order valence-electron chi connectivity index (χ3n) is 4.63. The van der Waals surface area contributed by atoms with Crippen molar-refractivity contribution in [2.75, 3.05) is 0 Å². The molecule has 1 amide bonds. The maximum atomic E-state index is 12.5. The molecule has 8 nitrogen and oxygen atoms in total. The number of benzene rings is 1. The minimum absolute atomic E-state index is 0.0563. The maximum Gasteiger partial charge on any atom is 0.244 e. The van der Waals surface area contributed by atoms with Crippen molar-refractivity contribution >= 4 is 16.9 Å². The van der Waals surface area contributed by atoms with Crippen LogP contribution in [-0.4, -0.2) is 41.9 Å². The van der Waals surface area contributed by atoms with E-state index in [9.17, 15) is 9.90 Å². The molecule has 0 radical (unpaired) electrons. The van der Waals surface area contributed by atoms with Crippen molar-refractivity contribution in [1.29, 1.82) is 0 Å². The van der Waals surface area contributed by atoms with Gasteiger partial charge in [-0.15, -0.1) is 0 Å². The van der Waals surface area contributed by atoms with Gasteiger partial charge < -0.3 is 10.4 Å². The van der Waals surface area contributed by atoms with E-state index in [4.69, 9.17) is 0 Å². The van der Waals surface area contributed by atoms with Gasteiger partial charge in [-0.25, -0.2) is 0 Å². The summed E-state index contributed by atoms with van der Waals surface area (Å²) in [5.41, 5.74) is 2.48. The van der Waals surface area contributed by atoms with Crippen LogP contribution in [0.2, 0.25) is 0 Å². The largest absolute Gasteiger partial charge is 0.393 e. The van der Waals surface area contributed by atoms with E-state index in [2.05, 4.69) is 20.6 Å². The first kappa shape index (κ1) is 15.8. The van der Waals surface area contributed by atoms with Crippen molar-refractivity contribution in [3.05, 3.63) is 42.2 Å². The standard InChI is InChI=1S/C17H20N6O2/c1-22-9-12(8-18-22)17(11-6-13(24)7-11)19-16(25)10-23-20-14-4-2-3-5-15(14)21-23/h2-5,8-9,11,13,17,24H,6-7,10H2,1H3,(H,19,25)/t11?,13?,17-/m1/s1. The summed E-state index contributed by atoms with van der Waals surface area (Å²) in [6.45, 7) is 0.0563. The molecule has 130 valence electrons. The summed E-state index contributed by atoms with van der Waals surface area (Å²) < 4.78 is 1.71. The molecule has 2 heterocycles. The highest BCUT2D eigenvalue weighted by Crippen LogP contribution is 2.37. The molecule has 1 fully saturated rings. The Morgan fingerprint density at radius 1 is 1.32 bits per heavy atom. The Bertz CT molecular complexity index is 862. The molecule has 1 aliphatic carbocycles. The Kier molecular flexibility index (Phi) is 3.96. The highest BCUT2D eigenvalue weighted by molar-refractivity contribution is 5.77. The number of carbonyl (C=O) groups is 1. The number of carbonyl (C=O) groups excluding carboxylic acids is 1. The predicted octanol–water partition coefficient (Wildman–Crippen LogP) is 0.793. The van der Waals surface area contributed by atoms with Gasteiger partial charge >= 0.3 is 0 Å². The summed E-state index contributed by atoms with van der Waals surface area (Å²) >= 11 is 0. The number of hydrogen-bond acceptors (Lipinski definition) is 5.